The van der Waals surface area contributed by atoms with Gasteiger partial charge in [-0.3, -0.25) is 10.2 Å². The smallest absolute Gasteiger partial charge is 0.239 e. The van der Waals surface area contributed by atoms with Crippen molar-refractivity contribution in [1.82, 2.24) is 10.4 Å². The second-order valence-corrected chi connectivity index (χ2v) is 3.60. The molecule has 1 heterocycles. The van der Waals surface area contributed by atoms with Gasteiger partial charge in [-0.15, -0.1) is 0 Å². The molecule has 64 valence electrons. The molecule has 0 aromatic heterocycles. The normalized spacial score (nSPS) is 33.0. The van der Waals surface area contributed by atoms with Gasteiger partial charge in [-0.1, -0.05) is 13.8 Å². The first kappa shape index (κ1) is 8.53. The van der Waals surface area contributed by atoms with Crippen molar-refractivity contribution in [2.75, 3.05) is 7.05 Å². The minimum Gasteiger partial charge on any atom is -0.289 e. The standard InChI is InChI=1S/C8H16N2O/c1-5(2)7-6(3)10(4)9-8(7)11/h5-7H,1-4H3,(H,9,11). The van der Waals surface area contributed by atoms with Gasteiger partial charge in [0.1, 0.15) is 0 Å². The molecule has 3 heteroatoms. The summed E-state index contributed by atoms with van der Waals surface area (Å²) in [6, 6.07) is 0.322. The molecule has 1 aliphatic rings. The average molecular weight is 156 g/mol. The van der Waals surface area contributed by atoms with Crippen molar-refractivity contribution < 1.29 is 4.79 Å². The second-order valence-electron chi connectivity index (χ2n) is 3.60. The van der Waals surface area contributed by atoms with Gasteiger partial charge in [-0.25, -0.2) is 5.01 Å². The first-order valence-electron chi connectivity index (χ1n) is 4.07. The molecule has 1 fully saturated rings. The van der Waals surface area contributed by atoms with Crippen molar-refractivity contribution in [3.8, 4) is 0 Å². The number of hydrogen-bond acceptors (Lipinski definition) is 2. The topological polar surface area (TPSA) is 32.3 Å². The third-order valence-electron chi connectivity index (χ3n) is 2.44. The van der Waals surface area contributed by atoms with Crippen LogP contribution in [0.25, 0.3) is 0 Å². The van der Waals surface area contributed by atoms with Gasteiger partial charge in [0.25, 0.3) is 0 Å². The number of carbonyl (C=O) groups excluding carboxylic acids is 1. The first-order valence-corrected chi connectivity index (χ1v) is 4.07. The molecule has 0 radical (unpaired) electrons. The van der Waals surface area contributed by atoms with Crippen molar-refractivity contribution >= 4 is 5.91 Å². The van der Waals surface area contributed by atoms with E-state index in [0.29, 0.717) is 12.0 Å². The third-order valence-corrected chi connectivity index (χ3v) is 2.44. The molecule has 1 rings (SSSR count). The number of nitrogens with zero attached hydrogens (tertiary/aromatic N) is 1. The molecule has 0 bridgehead atoms. The Balaban J connectivity index is 2.71. The number of carbonyl (C=O) groups is 1. The van der Waals surface area contributed by atoms with Crippen LogP contribution in [0.1, 0.15) is 20.8 Å². The SMILES string of the molecule is CC(C)C1C(=O)NN(C)C1C. The summed E-state index contributed by atoms with van der Waals surface area (Å²) < 4.78 is 0. The molecule has 0 aliphatic carbocycles. The van der Waals surface area contributed by atoms with Gasteiger partial charge in [-0.2, -0.15) is 0 Å². The Morgan fingerprint density at radius 3 is 2.27 bits per heavy atom. The molecule has 1 saturated heterocycles. The summed E-state index contributed by atoms with van der Waals surface area (Å²) in [7, 11) is 1.91. The van der Waals surface area contributed by atoms with E-state index in [1.807, 2.05) is 12.1 Å². The van der Waals surface area contributed by atoms with Crippen LogP contribution in [-0.2, 0) is 4.79 Å². The molecule has 3 nitrogen and oxygen atoms in total. The average Bonchev–Trinajstić information content (AvgIpc) is 2.07. The molecule has 2 atom stereocenters. The first-order chi connectivity index (χ1) is 5.04. The fourth-order valence-corrected chi connectivity index (χ4v) is 1.67. The highest BCUT2D eigenvalue weighted by molar-refractivity contribution is 5.81. The van der Waals surface area contributed by atoms with Crippen LogP contribution in [0.2, 0.25) is 0 Å². The van der Waals surface area contributed by atoms with E-state index >= 15 is 0 Å². The van der Waals surface area contributed by atoms with Crippen LogP contribution in [-0.4, -0.2) is 24.0 Å². The summed E-state index contributed by atoms with van der Waals surface area (Å²) in [4.78, 5) is 11.3. The van der Waals surface area contributed by atoms with Crippen molar-refractivity contribution in [3.05, 3.63) is 0 Å². The minimum absolute atomic E-state index is 0.153. The van der Waals surface area contributed by atoms with Gasteiger partial charge < -0.3 is 0 Å². The van der Waals surface area contributed by atoms with E-state index in [9.17, 15) is 4.79 Å². The molecule has 0 spiro atoms. The van der Waals surface area contributed by atoms with Gasteiger partial charge in [-0.05, 0) is 12.8 Å². The van der Waals surface area contributed by atoms with Crippen LogP contribution in [0.15, 0.2) is 0 Å². The fraction of sp³-hybridized carbons (Fsp3) is 0.875. The number of amides is 1. The zero-order chi connectivity index (χ0) is 8.59. The lowest BCUT2D eigenvalue weighted by Crippen LogP contribution is -2.33. The van der Waals surface area contributed by atoms with Crippen LogP contribution in [0, 0.1) is 11.8 Å². The molecule has 0 aromatic carbocycles. The number of rotatable bonds is 1. The summed E-state index contributed by atoms with van der Waals surface area (Å²) in [6.45, 7) is 6.24. The molecule has 2 unspecified atom stereocenters. The fourth-order valence-electron chi connectivity index (χ4n) is 1.67. The van der Waals surface area contributed by atoms with Crippen LogP contribution in [0.3, 0.4) is 0 Å². The van der Waals surface area contributed by atoms with Gasteiger partial charge >= 0.3 is 0 Å². The minimum atomic E-state index is 0.153. The zero-order valence-corrected chi connectivity index (χ0v) is 7.59. The molecular formula is C8H16N2O. The highest BCUT2D eigenvalue weighted by Crippen LogP contribution is 2.23. The van der Waals surface area contributed by atoms with Crippen LogP contribution >= 0.6 is 0 Å². The lowest BCUT2D eigenvalue weighted by molar-refractivity contribution is -0.124. The van der Waals surface area contributed by atoms with Crippen LogP contribution in [0.4, 0.5) is 0 Å². The summed E-state index contributed by atoms with van der Waals surface area (Å²) in [5.74, 6) is 0.741. The van der Waals surface area contributed by atoms with E-state index in [2.05, 4.69) is 26.2 Å². The molecule has 1 amide bonds. The van der Waals surface area contributed by atoms with E-state index in [1.54, 1.807) is 0 Å². The highest BCUT2D eigenvalue weighted by atomic mass is 16.2. The summed E-state index contributed by atoms with van der Waals surface area (Å²) in [5.41, 5.74) is 2.79. The predicted octanol–water partition coefficient (Wildman–Crippen LogP) is 0.624. The summed E-state index contributed by atoms with van der Waals surface area (Å²) in [6.07, 6.45) is 0. The molecule has 1 N–H and O–H groups in total. The third kappa shape index (κ3) is 1.38. The van der Waals surface area contributed by atoms with Gasteiger partial charge in [0, 0.05) is 13.1 Å². The quantitative estimate of drug-likeness (QED) is 0.603. The summed E-state index contributed by atoms with van der Waals surface area (Å²) in [5, 5.41) is 1.88. The molecule has 1 aliphatic heterocycles. The number of nitrogens with one attached hydrogen (secondary N) is 1. The Bertz CT molecular complexity index is 167. The van der Waals surface area contributed by atoms with Crippen molar-refractivity contribution in [2.24, 2.45) is 11.8 Å². The molecule has 11 heavy (non-hydrogen) atoms. The monoisotopic (exact) mass is 156 g/mol. The lowest BCUT2D eigenvalue weighted by atomic mass is 9.90. The van der Waals surface area contributed by atoms with E-state index in [4.69, 9.17) is 0 Å². The highest BCUT2D eigenvalue weighted by Gasteiger charge is 2.37. The van der Waals surface area contributed by atoms with Gasteiger partial charge in [0.2, 0.25) is 5.91 Å². The Labute approximate surface area is 67.7 Å². The molecule has 0 saturated carbocycles. The maximum absolute atomic E-state index is 11.3. The van der Waals surface area contributed by atoms with E-state index in [1.165, 1.54) is 0 Å². The van der Waals surface area contributed by atoms with E-state index in [-0.39, 0.29) is 11.8 Å². The van der Waals surface area contributed by atoms with Gasteiger partial charge in [0.05, 0.1) is 5.92 Å². The van der Waals surface area contributed by atoms with Gasteiger partial charge in [0.15, 0.2) is 0 Å². The van der Waals surface area contributed by atoms with Crippen molar-refractivity contribution in [3.63, 3.8) is 0 Å². The zero-order valence-electron chi connectivity index (χ0n) is 7.59. The maximum Gasteiger partial charge on any atom is 0.239 e. The van der Waals surface area contributed by atoms with Crippen LogP contribution in [0.5, 0.6) is 0 Å². The number of hydrogen-bond donors (Lipinski definition) is 1. The number of hydrazine groups is 1. The van der Waals surface area contributed by atoms with Crippen molar-refractivity contribution in [1.29, 1.82) is 0 Å². The molecular weight excluding hydrogens is 140 g/mol. The maximum atomic E-state index is 11.3. The Morgan fingerprint density at radius 2 is 2.09 bits per heavy atom. The van der Waals surface area contributed by atoms with Crippen molar-refractivity contribution in [2.45, 2.75) is 26.8 Å². The largest absolute Gasteiger partial charge is 0.289 e. The van der Waals surface area contributed by atoms with E-state index in [0.717, 1.165) is 0 Å². The Kier molecular flexibility index (Phi) is 2.18. The second kappa shape index (κ2) is 2.81. The van der Waals surface area contributed by atoms with E-state index < -0.39 is 0 Å². The Morgan fingerprint density at radius 1 is 1.55 bits per heavy atom. The summed E-state index contributed by atoms with van der Waals surface area (Å²) >= 11 is 0. The van der Waals surface area contributed by atoms with Crippen LogP contribution < -0.4 is 5.43 Å². The molecule has 0 aromatic rings. The predicted molar refractivity (Wildman–Crippen MR) is 43.7 cm³/mol. The Hall–Kier alpha value is -0.570. The lowest BCUT2D eigenvalue weighted by Gasteiger charge is -2.19.